The van der Waals surface area contributed by atoms with Gasteiger partial charge in [0.2, 0.25) is 0 Å². The van der Waals surface area contributed by atoms with Gasteiger partial charge in [0.15, 0.2) is 0 Å². The summed E-state index contributed by atoms with van der Waals surface area (Å²) in [5, 5.41) is 2.07. The van der Waals surface area contributed by atoms with Gasteiger partial charge in [-0.3, -0.25) is 4.99 Å². The number of fused-ring (bicyclic) bond motifs is 2. The minimum absolute atomic E-state index is 0.533. The van der Waals surface area contributed by atoms with Crippen LogP contribution in [0.15, 0.2) is 70.6 Å². The third-order valence-electron chi connectivity index (χ3n) is 5.20. The standard InChI is InChI=1S/C25H25N3/c1-16(2)18-4-6-19(7-5-18)17(3)27-23-13-11-21-9-8-20-10-12-22(26)14-24(20)28-25(21)15-23/h4-7,9-16H,8,26H2,1-3H3. The van der Waals surface area contributed by atoms with E-state index in [0.29, 0.717) is 5.92 Å². The van der Waals surface area contributed by atoms with Gasteiger partial charge in [0.1, 0.15) is 0 Å². The number of aliphatic imine (C=N–C) groups is 1. The first kappa shape index (κ1) is 18.2. The molecule has 0 bridgehead atoms. The van der Waals surface area contributed by atoms with Crippen LogP contribution in [0.5, 0.6) is 0 Å². The summed E-state index contributed by atoms with van der Waals surface area (Å²) >= 11 is 0. The molecule has 0 saturated heterocycles. The molecule has 3 heteroatoms. The summed E-state index contributed by atoms with van der Waals surface area (Å²) in [6, 6.07) is 20.8. The van der Waals surface area contributed by atoms with Gasteiger partial charge in [0.25, 0.3) is 0 Å². The topological polar surface area (TPSA) is 50.7 Å². The minimum atomic E-state index is 0.533. The summed E-state index contributed by atoms with van der Waals surface area (Å²) in [6.45, 7) is 6.46. The van der Waals surface area contributed by atoms with E-state index in [1.54, 1.807) is 0 Å². The monoisotopic (exact) mass is 367 g/mol. The van der Waals surface area contributed by atoms with E-state index in [1.165, 1.54) is 11.1 Å². The predicted octanol–water partition coefficient (Wildman–Crippen LogP) is 4.82. The van der Waals surface area contributed by atoms with Gasteiger partial charge < -0.3 is 5.73 Å². The molecule has 0 unspecified atom stereocenters. The van der Waals surface area contributed by atoms with Crippen LogP contribution in [-0.2, 0) is 6.42 Å². The number of benzene rings is 3. The number of anilines is 1. The second-order valence-corrected chi connectivity index (χ2v) is 7.63. The van der Waals surface area contributed by atoms with Crippen LogP contribution < -0.4 is 16.3 Å². The Balaban J connectivity index is 1.72. The maximum Gasteiger partial charge on any atom is 0.0727 e. The molecule has 1 aliphatic rings. The Morgan fingerprint density at radius 3 is 2.54 bits per heavy atom. The molecule has 1 heterocycles. The number of nitrogen functional groups attached to an aromatic ring is 1. The lowest BCUT2D eigenvalue weighted by Gasteiger charge is -2.07. The van der Waals surface area contributed by atoms with Crippen LogP contribution in [0.4, 0.5) is 17.1 Å². The summed E-state index contributed by atoms with van der Waals surface area (Å²) in [6.07, 6.45) is 3.07. The van der Waals surface area contributed by atoms with Gasteiger partial charge in [-0.15, -0.1) is 0 Å². The second kappa shape index (κ2) is 7.43. The molecule has 0 spiro atoms. The molecular weight excluding hydrogens is 342 g/mol. The van der Waals surface area contributed by atoms with Gasteiger partial charge in [-0.2, -0.15) is 0 Å². The predicted molar refractivity (Wildman–Crippen MR) is 118 cm³/mol. The molecular formula is C25H25N3. The van der Waals surface area contributed by atoms with Crippen molar-refractivity contribution in [3.8, 4) is 0 Å². The number of hydrogen-bond donors (Lipinski definition) is 1. The van der Waals surface area contributed by atoms with E-state index < -0.39 is 0 Å². The summed E-state index contributed by atoms with van der Waals surface area (Å²) in [4.78, 5) is 9.69. The molecule has 1 aliphatic heterocycles. The Bertz CT molecular complexity index is 1170. The van der Waals surface area contributed by atoms with Crippen molar-refractivity contribution in [1.29, 1.82) is 0 Å². The van der Waals surface area contributed by atoms with Crippen LogP contribution in [0, 0.1) is 0 Å². The molecule has 0 aliphatic carbocycles. The number of rotatable bonds is 3. The van der Waals surface area contributed by atoms with Gasteiger partial charge in [-0.25, -0.2) is 4.99 Å². The maximum absolute atomic E-state index is 5.95. The van der Waals surface area contributed by atoms with Crippen molar-refractivity contribution >= 4 is 28.8 Å². The third kappa shape index (κ3) is 3.74. The van der Waals surface area contributed by atoms with Gasteiger partial charge >= 0.3 is 0 Å². The summed E-state index contributed by atoms with van der Waals surface area (Å²) in [5.41, 5.74) is 13.2. The van der Waals surface area contributed by atoms with E-state index in [1.807, 2.05) is 12.1 Å². The Hall–Kier alpha value is -3.20. The Morgan fingerprint density at radius 2 is 1.79 bits per heavy atom. The molecule has 3 nitrogen and oxygen atoms in total. The molecule has 0 amide bonds. The van der Waals surface area contributed by atoms with Crippen LogP contribution >= 0.6 is 0 Å². The van der Waals surface area contributed by atoms with Gasteiger partial charge in [-0.05, 0) is 65.4 Å². The summed E-state index contributed by atoms with van der Waals surface area (Å²) in [7, 11) is 0. The second-order valence-electron chi connectivity index (χ2n) is 7.63. The molecule has 28 heavy (non-hydrogen) atoms. The molecule has 3 aromatic carbocycles. The normalized spacial score (nSPS) is 13.2. The summed E-state index contributed by atoms with van der Waals surface area (Å²) < 4.78 is 0. The van der Waals surface area contributed by atoms with Crippen molar-refractivity contribution in [2.24, 2.45) is 9.98 Å². The molecule has 2 N–H and O–H groups in total. The maximum atomic E-state index is 5.95. The molecule has 4 rings (SSSR count). The Labute approximate surface area is 166 Å². The highest BCUT2D eigenvalue weighted by atomic mass is 14.8. The first-order valence-corrected chi connectivity index (χ1v) is 9.72. The zero-order chi connectivity index (χ0) is 19.7. The van der Waals surface area contributed by atoms with Gasteiger partial charge in [0, 0.05) is 11.4 Å². The molecule has 0 atom stereocenters. The fraction of sp³-hybridized carbons (Fsp3) is 0.200. The lowest BCUT2D eigenvalue weighted by atomic mass is 10.0. The van der Waals surface area contributed by atoms with Crippen LogP contribution in [0.25, 0.3) is 6.08 Å². The highest BCUT2D eigenvalue weighted by Gasteiger charge is 2.06. The van der Waals surface area contributed by atoms with Crippen molar-refractivity contribution in [2.45, 2.75) is 33.1 Å². The largest absolute Gasteiger partial charge is 0.399 e. The highest BCUT2D eigenvalue weighted by Crippen LogP contribution is 2.24. The van der Waals surface area contributed by atoms with E-state index >= 15 is 0 Å². The third-order valence-corrected chi connectivity index (χ3v) is 5.20. The zero-order valence-electron chi connectivity index (χ0n) is 16.6. The van der Waals surface area contributed by atoms with Crippen molar-refractivity contribution in [1.82, 2.24) is 0 Å². The molecule has 140 valence electrons. The molecule has 3 aromatic rings. The molecule has 0 fully saturated rings. The smallest absolute Gasteiger partial charge is 0.0727 e. The van der Waals surface area contributed by atoms with Crippen molar-refractivity contribution in [3.63, 3.8) is 0 Å². The van der Waals surface area contributed by atoms with E-state index in [0.717, 1.165) is 45.3 Å². The minimum Gasteiger partial charge on any atom is -0.399 e. The van der Waals surface area contributed by atoms with Crippen LogP contribution in [0.2, 0.25) is 0 Å². The Morgan fingerprint density at radius 1 is 1.00 bits per heavy atom. The zero-order valence-corrected chi connectivity index (χ0v) is 16.6. The van der Waals surface area contributed by atoms with Crippen LogP contribution in [0.3, 0.4) is 0 Å². The lowest BCUT2D eigenvalue weighted by Crippen LogP contribution is -2.23. The van der Waals surface area contributed by atoms with Crippen molar-refractivity contribution in [3.05, 3.63) is 87.9 Å². The number of nitrogens with two attached hydrogens (primary N) is 1. The van der Waals surface area contributed by atoms with Crippen LogP contribution in [0.1, 0.15) is 43.4 Å². The fourth-order valence-corrected chi connectivity index (χ4v) is 3.45. The SMILES string of the molecule is CC(=Nc1ccc2c(c1)=Nc1cc(N)ccc1CC=2)c1ccc(C(C)C)cc1. The average Bonchev–Trinajstić information content (AvgIpc) is 2.86. The van der Waals surface area contributed by atoms with Crippen molar-refractivity contribution < 1.29 is 0 Å². The molecule has 0 aromatic heterocycles. The van der Waals surface area contributed by atoms with E-state index in [4.69, 9.17) is 15.7 Å². The number of hydrogen-bond acceptors (Lipinski definition) is 3. The fourth-order valence-electron chi connectivity index (χ4n) is 3.45. The Kier molecular flexibility index (Phi) is 4.82. The first-order chi connectivity index (χ1) is 13.5. The van der Waals surface area contributed by atoms with Crippen LogP contribution in [-0.4, -0.2) is 5.71 Å². The van der Waals surface area contributed by atoms with Gasteiger partial charge in [-0.1, -0.05) is 56.3 Å². The molecule has 0 saturated carbocycles. The quantitative estimate of drug-likeness (QED) is 0.524. The number of nitrogens with zero attached hydrogens (tertiary/aromatic N) is 2. The van der Waals surface area contributed by atoms with Gasteiger partial charge in [0.05, 0.1) is 16.7 Å². The highest BCUT2D eigenvalue weighted by molar-refractivity contribution is 6.00. The lowest BCUT2D eigenvalue weighted by molar-refractivity contribution is 0.866. The summed E-state index contributed by atoms with van der Waals surface area (Å²) in [5.74, 6) is 0.533. The molecule has 0 radical (unpaired) electrons. The first-order valence-electron chi connectivity index (χ1n) is 9.72. The van der Waals surface area contributed by atoms with E-state index in [2.05, 4.69) is 75.4 Å². The van der Waals surface area contributed by atoms with E-state index in [9.17, 15) is 0 Å². The average molecular weight is 367 g/mol. The van der Waals surface area contributed by atoms with Crippen molar-refractivity contribution in [2.75, 3.05) is 5.73 Å². The van der Waals surface area contributed by atoms with E-state index in [-0.39, 0.29) is 0 Å².